The molecule has 2 unspecified atom stereocenters. The van der Waals surface area contributed by atoms with Gasteiger partial charge in [0, 0.05) is 19.1 Å². The van der Waals surface area contributed by atoms with Crippen LogP contribution in [-0.4, -0.2) is 37.6 Å². The molecule has 1 heterocycles. The molecule has 90 valence electrons. The molecule has 1 saturated heterocycles. The van der Waals surface area contributed by atoms with E-state index in [-0.39, 0.29) is 0 Å². The third kappa shape index (κ3) is 3.46. The Labute approximate surface area is 95.4 Å². The third-order valence-electron chi connectivity index (χ3n) is 3.87. The fourth-order valence-electron chi connectivity index (χ4n) is 2.59. The van der Waals surface area contributed by atoms with Crippen molar-refractivity contribution in [3.63, 3.8) is 0 Å². The molecule has 0 bridgehead atoms. The van der Waals surface area contributed by atoms with Crippen molar-refractivity contribution in [2.24, 2.45) is 11.3 Å². The standard InChI is InChI=1S/C13H28N2/c1-6-12(9-14-5)15-8-7-11(10-15)13(2,3)4/h11-12,14H,6-10H2,1-5H3. The molecule has 1 aliphatic rings. The van der Waals surface area contributed by atoms with E-state index in [0.29, 0.717) is 5.41 Å². The first-order valence-corrected chi connectivity index (χ1v) is 6.37. The Kier molecular flexibility index (Phi) is 4.60. The molecule has 2 atom stereocenters. The molecule has 1 N–H and O–H groups in total. The minimum atomic E-state index is 0.479. The third-order valence-corrected chi connectivity index (χ3v) is 3.87. The normalized spacial score (nSPS) is 25.8. The van der Waals surface area contributed by atoms with Gasteiger partial charge in [-0.05, 0) is 37.8 Å². The molecular formula is C13H28N2. The predicted molar refractivity (Wildman–Crippen MR) is 67.1 cm³/mol. The van der Waals surface area contributed by atoms with Crippen molar-refractivity contribution in [3.05, 3.63) is 0 Å². The number of hydrogen-bond donors (Lipinski definition) is 1. The van der Waals surface area contributed by atoms with Gasteiger partial charge >= 0.3 is 0 Å². The van der Waals surface area contributed by atoms with Gasteiger partial charge in [0.15, 0.2) is 0 Å². The van der Waals surface area contributed by atoms with Gasteiger partial charge in [-0.1, -0.05) is 27.7 Å². The summed E-state index contributed by atoms with van der Waals surface area (Å²) >= 11 is 0. The largest absolute Gasteiger partial charge is 0.318 e. The van der Waals surface area contributed by atoms with Crippen molar-refractivity contribution in [2.75, 3.05) is 26.7 Å². The van der Waals surface area contributed by atoms with Crippen LogP contribution < -0.4 is 5.32 Å². The summed E-state index contributed by atoms with van der Waals surface area (Å²) in [5.41, 5.74) is 0.479. The van der Waals surface area contributed by atoms with Crippen LogP contribution in [0.25, 0.3) is 0 Å². The van der Waals surface area contributed by atoms with Crippen molar-refractivity contribution < 1.29 is 0 Å². The zero-order valence-corrected chi connectivity index (χ0v) is 11.1. The predicted octanol–water partition coefficient (Wildman–Crippen LogP) is 2.35. The Balaban J connectivity index is 2.47. The molecule has 1 fully saturated rings. The molecule has 0 aromatic heterocycles. The Morgan fingerprint density at radius 3 is 2.47 bits per heavy atom. The maximum absolute atomic E-state index is 3.31. The van der Waals surface area contributed by atoms with Gasteiger partial charge in [0.25, 0.3) is 0 Å². The quantitative estimate of drug-likeness (QED) is 0.769. The van der Waals surface area contributed by atoms with E-state index in [2.05, 4.69) is 45.0 Å². The lowest BCUT2D eigenvalue weighted by atomic mass is 9.80. The van der Waals surface area contributed by atoms with Crippen molar-refractivity contribution >= 4 is 0 Å². The van der Waals surface area contributed by atoms with E-state index in [9.17, 15) is 0 Å². The number of nitrogens with zero attached hydrogens (tertiary/aromatic N) is 1. The number of nitrogens with one attached hydrogen (secondary N) is 1. The minimum absolute atomic E-state index is 0.479. The van der Waals surface area contributed by atoms with Gasteiger partial charge < -0.3 is 5.32 Å². The highest BCUT2D eigenvalue weighted by atomic mass is 15.2. The first-order chi connectivity index (χ1) is 6.99. The Morgan fingerprint density at radius 2 is 2.07 bits per heavy atom. The highest BCUT2D eigenvalue weighted by Gasteiger charge is 2.33. The summed E-state index contributed by atoms with van der Waals surface area (Å²) in [7, 11) is 2.06. The van der Waals surface area contributed by atoms with Crippen LogP contribution in [0.1, 0.15) is 40.5 Å². The molecule has 2 heteroatoms. The van der Waals surface area contributed by atoms with Crippen LogP contribution in [0.15, 0.2) is 0 Å². The molecule has 0 spiro atoms. The smallest absolute Gasteiger partial charge is 0.0218 e. The zero-order valence-electron chi connectivity index (χ0n) is 11.1. The van der Waals surface area contributed by atoms with Crippen LogP contribution in [0.3, 0.4) is 0 Å². The van der Waals surface area contributed by atoms with E-state index >= 15 is 0 Å². The number of likely N-dealkylation sites (N-methyl/N-ethyl adjacent to an activating group) is 1. The van der Waals surface area contributed by atoms with E-state index in [1.165, 1.54) is 25.9 Å². The van der Waals surface area contributed by atoms with E-state index < -0.39 is 0 Å². The Hall–Kier alpha value is -0.0800. The van der Waals surface area contributed by atoms with Gasteiger partial charge in [0.2, 0.25) is 0 Å². The second-order valence-corrected chi connectivity index (χ2v) is 5.97. The number of hydrogen-bond acceptors (Lipinski definition) is 2. The number of rotatable bonds is 4. The maximum atomic E-state index is 3.31. The SMILES string of the molecule is CCC(CNC)N1CCC(C(C)(C)C)C1. The van der Waals surface area contributed by atoms with Crippen molar-refractivity contribution in [2.45, 2.75) is 46.6 Å². The molecule has 0 radical (unpaired) electrons. The monoisotopic (exact) mass is 212 g/mol. The van der Waals surface area contributed by atoms with Gasteiger partial charge in [0.1, 0.15) is 0 Å². The van der Waals surface area contributed by atoms with Gasteiger partial charge in [-0.15, -0.1) is 0 Å². The van der Waals surface area contributed by atoms with E-state index in [1.54, 1.807) is 0 Å². The van der Waals surface area contributed by atoms with Crippen LogP contribution in [0.4, 0.5) is 0 Å². The highest BCUT2D eigenvalue weighted by Crippen LogP contribution is 2.34. The molecule has 0 amide bonds. The number of likely N-dealkylation sites (tertiary alicyclic amines) is 1. The second kappa shape index (κ2) is 5.31. The summed E-state index contributed by atoms with van der Waals surface area (Å²) in [6.45, 7) is 13.1. The molecule has 0 aromatic carbocycles. The Morgan fingerprint density at radius 1 is 1.40 bits per heavy atom. The van der Waals surface area contributed by atoms with Gasteiger partial charge in [-0.3, -0.25) is 4.90 Å². The van der Waals surface area contributed by atoms with Crippen molar-refractivity contribution in [1.29, 1.82) is 0 Å². The van der Waals surface area contributed by atoms with Crippen LogP contribution in [-0.2, 0) is 0 Å². The minimum Gasteiger partial charge on any atom is -0.318 e. The topological polar surface area (TPSA) is 15.3 Å². The van der Waals surface area contributed by atoms with E-state index in [0.717, 1.165) is 18.5 Å². The van der Waals surface area contributed by atoms with Crippen LogP contribution in [0.2, 0.25) is 0 Å². The van der Waals surface area contributed by atoms with E-state index in [1.807, 2.05) is 0 Å². The molecule has 1 aliphatic heterocycles. The molecule has 0 saturated carbocycles. The van der Waals surface area contributed by atoms with Crippen LogP contribution in [0, 0.1) is 11.3 Å². The van der Waals surface area contributed by atoms with Crippen molar-refractivity contribution in [1.82, 2.24) is 10.2 Å². The fourth-order valence-corrected chi connectivity index (χ4v) is 2.59. The first-order valence-electron chi connectivity index (χ1n) is 6.37. The molecule has 1 rings (SSSR count). The van der Waals surface area contributed by atoms with Gasteiger partial charge in [0.05, 0.1) is 0 Å². The van der Waals surface area contributed by atoms with Gasteiger partial charge in [-0.2, -0.15) is 0 Å². The molecule has 2 nitrogen and oxygen atoms in total. The highest BCUT2D eigenvalue weighted by molar-refractivity contribution is 4.87. The lowest BCUT2D eigenvalue weighted by Gasteiger charge is -2.30. The maximum Gasteiger partial charge on any atom is 0.0218 e. The Bertz CT molecular complexity index is 183. The van der Waals surface area contributed by atoms with Gasteiger partial charge in [-0.25, -0.2) is 0 Å². The van der Waals surface area contributed by atoms with E-state index in [4.69, 9.17) is 0 Å². The molecule has 15 heavy (non-hydrogen) atoms. The summed E-state index contributed by atoms with van der Waals surface area (Å²) in [6, 6.07) is 0.738. The average Bonchev–Trinajstić information content (AvgIpc) is 2.62. The van der Waals surface area contributed by atoms with Crippen molar-refractivity contribution in [3.8, 4) is 0 Å². The first kappa shape index (κ1) is 13.0. The summed E-state index contributed by atoms with van der Waals surface area (Å²) in [5.74, 6) is 0.878. The van der Waals surface area contributed by atoms with Crippen LogP contribution >= 0.6 is 0 Å². The fraction of sp³-hybridized carbons (Fsp3) is 1.00. The van der Waals surface area contributed by atoms with Crippen LogP contribution in [0.5, 0.6) is 0 Å². The average molecular weight is 212 g/mol. The molecule has 0 aromatic rings. The summed E-state index contributed by atoms with van der Waals surface area (Å²) in [5, 5.41) is 3.31. The zero-order chi connectivity index (χ0) is 11.5. The lowest BCUT2D eigenvalue weighted by Crippen LogP contribution is -2.40. The lowest BCUT2D eigenvalue weighted by molar-refractivity contribution is 0.189. The molecular weight excluding hydrogens is 184 g/mol. The second-order valence-electron chi connectivity index (χ2n) is 5.97. The summed E-state index contributed by atoms with van der Waals surface area (Å²) in [6.07, 6.45) is 2.64. The summed E-state index contributed by atoms with van der Waals surface area (Å²) in [4.78, 5) is 2.67. The molecule has 0 aliphatic carbocycles. The summed E-state index contributed by atoms with van der Waals surface area (Å²) < 4.78 is 0.